The topological polar surface area (TPSA) is 91.2 Å². The molecule has 0 unspecified atom stereocenters. The van der Waals surface area contributed by atoms with Crippen LogP contribution in [0.1, 0.15) is 6.42 Å². The molecule has 2 aromatic heterocycles. The highest BCUT2D eigenvalue weighted by Gasteiger charge is 2.29. The minimum Gasteiger partial charge on any atom is -0.470 e. The largest absolute Gasteiger partial charge is 0.470 e. The first-order valence-electron chi connectivity index (χ1n) is 7.10. The molecule has 3 heterocycles. The Kier molecular flexibility index (Phi) is 4.59. The van der Waals surface area contributed by atoms with Gasteiger partial charge in [-0.1, -0.05) is 6.07 Å². The fourth-order valence-electron chi connectivity index (χ4n) is 2.27. The quantitative estimate of drug-likeness (QED) is 0.837. The summed E-state index contributed by atoms with van der Waals surface area (Å²) in [6.07, 6.45) is 5.16. The van der Waals surface area contributed by atoms with Crippen molar-refractivity contribution in [1.29, 1.82) is 0 Å². The van der Waals surface area contributed by atoms with Crippen molar-refractivity contribution in [2.24, 2.45) is 0 Å². The number of nitrogens with zero attached hydrogens (tertiary/aromatic N) is 4. The van der Waals surface area contributed by atoms with Crippen molar-refractivity contribution >= 4 is 5.91 Å². The lowest BCUT2D eigenvalue weighted by Gasteiger charge is -2.31. The summed E-state index contributed by atoms with van der Waals surface area (Å²) in [5.74, 6) is 0.365. The Morgan fingerprint density at radius 1 is 1.36 bits per heavy atom. The van der Waals surface area contributed by atoms with Crippen molar-refractivity contribution in [1.82, 2.24) is 25.3 Å². The van der Waals surface area contributed by atoms with Gasteiger partial charge < -0.3 is 14.8 Å². The monoisotopic (exact) mass is 303 g/mol. The molecule has 0 aromatic carbocycles. The van der Waals surface area contributed by atoms with E-state index in [0.717, 1.165) is 0 Å². The van der Waals surface area contributed by atoms with E-state index in [0.29, 0.717) is 25.5 Å². The van der Waals surface area contributed by atoms with Crippen molar-refractivity contribution < 1.29 is 14.3 Å². The van der Waals surface area contributed by atoms with Crippen molar-refractivity contribution in [3.05, 3.63) is 36.8 Å². The Balaban J connectivity index is 1.58. The smallest absolute Gasteiger partial charge is 0.243 e. The molecule has 8 heteroatoms. The van der Waals surface area contributed by atoms with Crippen LogP contribution in [0.15, 0.2) is 36.8 Å². The molecule has 1 fully saturated rings. The van der Waals surface area contributed by atoms with Gasteiger partial charge in [-0.15, -0.1) is 0 Å². The highest BCUT2D eigenvalue weighted by molar-refractivity contribution is 5.75. The fourth-order valence-corrected chi connectivity index (χ4v) is 2.27. The van der Waals surface area contributed by atoms with Crippen LogP contribution in [0.5, 0.6) is 5.88 Å². The van der Waals surface area contributed by atoms with E-state index in [9.17, 15) is 4.79 Å². The van der Waals surface area contributed by atoms with Gasteiger partial charge in [0.05, 0.1) is 25.0 Å². The van der Waals surface area contributed by atoms with E-state index < -0.39 is 0 Å². The summed E-state index contributed by atoms with van der Waals surface area (Å²) < 4.78 is 11.3. The van der Waals surface area contributed by atoms with E-state index >= 15 is 0 Å². The summed E-state index contributed by atoms with van der Waals surface area (Å²) in [6.45, 7) is 1.09. The number of carbonyl (C=O) groups is 1. The normalized spacial score (nSPS) is 21.3. The van der Waals surface area contributed by atoms with E-state index in [2.05, 4.69) is 20.5 Å². The highest BCUT2D eigenvalue weighted by Crippen LogP contribution is 2.15. The van der Waals surface area contributed by atoms with Crippen LogP contribution >= 0.6 is 0 Å². The Hall–Kier alpha value is -2.48. The lowest BCUT2D eigenvalue weighted by molar-refractivity contribution is -0.125. The zero-order valence-electron chi connectivity index (χ0n) is 12.0. The number of hydrogen-bond acceptors (Lipinski definition) is 6. The van der Waals surface area contributed by atoms with E-state index in [1.54, 1.807) is 12.3 Å². The van der Waals surface area contributed by atoms with Gasteiger partial charge in [0.25, 0.3) is 0 Å². The first-order valence-corrected chi connectivity index (χ1v) is 7.10. The highest BCUT2D eigenvalue weighted by atomic mass is 16.5. The van der Waals surface area contributed by atoms with E-state index in [4.69, 9.17) is 9.47 Å². The summed E-state index contributed by atoms with van der Waals surface area (Å²) in [6, 6.07) is 5.32. The molecule has 0 bridgehead atoms. The molecule has 2 atom stereocenters. The summed E-state index contributed by atoms with van der Waals surface area (Å²) in [4.78, 5) is 17.5. The maximum absolute atomic E-state index is 12.1. The molecule has 116 valence electrons. The van der Waals surface area contributed by atoms with E-state index in [-0.39, 0.29) is 24.6 Å². The van der Waals surface area contributed by atoms with Gasteiger partial charge >= 0.3 is 0 Å². The molecular weight excluding hydrogens is 286 g/mol. The summed E-state index contributed by atoms with van der Waals surface area (Å²) in [5.41, 5.74) is 0. The molecule has 1 saturated heterocycles. The molecular formula is C14H17N5O3. The SMILES string of the molecule is O=C(Cn1nccn1)N[C@@H]1CCOC[C@H]1Oc1ccccn1. The van der Waals surface area contributed by atoms with E-state index in [1.165, 1.54) is 17.2 Å². The van der Waals surface area contributed by atoms with Crippen LogP contribution in [-0.2, 0) is 16.1 Å². The standard InChI is InChI=1S/C14H17N5O3/c20-13(9-19-16-6-7-17-19)18-11-4-8-21-10-12(11)22-14-3-1-2-5-15-14/h1-3,5-7,11-12H,4,8-10H2,(H,18,20)/t11-,12-/m1/s1. The average Bonchev–Trinajstić information content (AvgIpc) is 3.03. The number of nitrogens with one attached hydrogen (secondary N) is 1. The number of rotatable bonds is 5. The second kappa shape index (κ2) is 6.99. The molecule has 0 saturated carbocycles. The molecule has 1 amide bonds. The van der Waals surface area contributed by atoms with Crippen molar-refractivity contribution in [3.8, 4) is 5.88 Å². The van der Waals surface area contributed by atoms with Crippen molar-refractivity contribution in [2.75, 3.05) is 13.2 Å². The van der Waals surface area contributed by atoms with Crippen LogP contribution in [0, 0.1) is 0 Å². The molecule has 1 aliphatic rings. The zero-order chi connectivity index (χ0) is 15.2. The van der Waals surface area contributed by atoms with Gasteiger partial charge in [-0.05, 0) is 12.5 Å². The van der Waals surface area contributed by atoms with Gasteiger partial charge in [-0.3, -0.25) is 4.79 Å². The molecule has 1 N–H and O–H groups in total. The van der Waals surface area contributed by atoms with E-state index in [1.807, 2.05) is 12.1 Å². The van der Waals surface area contributed by atoms with Gasteiger partial charge in [0, 0.05) is 18.9 Å². The van der Waals surface area contributed by atoms with Gasteiger partial charge in [0.1, 0.15) is 12.6 Å². The Bertz CT molecular complexity index is 590. The lowest BCUT2D eigenvalue weighted by Crippen LogP contribution is -2.52. The Morgan fingerprint density at radius 3 is 3.00 bits per heavy atom. The number of hydrogen-bond donors (Lipinski definition) is 1. The summed E-state index contributed by atoms with van der Waals surface area (Å²) in [5, 5.41) is 10.8. The van der Waals surface area contributed by atoms with Crippen molar-refractivity contribution in [2.45, 2.75) is 25.1 Å². The predicted molar refractivity (Wildman–Crippen MR) is 76.0 cm³/mol. The third kappa shape index (κ3) is 3.79. The van der Waals surface area contributed by atoms with Crippen LogP contribution in [-0.4, -0.2) is 51.2 Å². The second-order valence-corrected chi connectivity index (χ2v) is 4.92. The van der Waals surface area contributed by atoms with Crippen molar-refractivity contribution in [3.63, 3.8) is 0 Å². The third-order valence-electron chi connectivity index (χ3n) is 3.31. The molecule has 0 spiro atoms. The summed E-state index contributed by atoms with van der Waals surface area (Å²) in [7, 11) is 0. The zero-order valence-corrected chi connectivity index (χ0v) is 12.0. The average molecular weight is 303 g/mol. The molecule has 3 rings (SSSR count). The van der Waals surface area contributed by atoms with Crippen LogP contribution in [0.3, 0.4) is 0 Å². The minimum atomic E-state index is -0.266. The predicted octanol–water partition coefficient (Wildman–Crippen LogP) is 0.0258. The Morgan fingerprint density at radius 2 is 2.23 bits per heavy atom. The molecule has 0 aliphatic carbocycles. The molecule has 8 nitrogen and oxygen atoms in total. The minimum absolute atomic E-state index is 0.0840. The second-order valence-electron chi connectivity index (χ2n) is 4.92. The van der Waals surface area contributed by atoms with Gasteiger partial charge in [0.2, 0.25) is 11.8 Å². The third-order valence-corrected chi connectivity index (χ3v) is 3.31. The fraction of sp³-hybridized carbons (Fsp3) is 0.429. The molecule has 22 heavy (non-hydrogen) atoms. The van der Waals surface area contributed by atoms with Crippen LogP contribution in [0.2, 0.25) is 0 Å². The maximum atomic E-state index is 12.1. The van der Waals surface area contributed by atoms with Crippen LogP contribution in [0.25, 0.3) is 0 Å². The number of carbonyl (C=O) groups excluding carboxylic acids is 1. The van der Waals surface area contributed by atoms with Crippen LogP contribution < -0.4 is 10.1 Å². The number of amides is 1. The molecule has 1 aliphatic heterocycles. The number of aromatic nitrogens is 4. The molecule has 0 radical (unpaired) electrons. The van der Waals surface area contributed by atoms with Crippen LogP contribution in [0.4, 0.5) is 0 Å². The van der Waals surface area contributed by atoms with Gasteiger partial charge in [-0.2, -0.15) is 15.0 Å². The van der Waals surface area contributed by atoms with Gasteiger partial charge in [-0.25, -0.2) is 4.98 Å². The Labute approximate surface area is 127 Å². The lowest BCUT2D eigenvalue weighted by atomic mass is 10.1. The number of ether oxygens (including phenoxy) is 2. The molecule has 2 aromatic rings. The first-order chi connectivity index (χ1) is 10.8. The summed E-state index contributed by atoms with van der Waals surface area (Å²) >= 11 is 0. The first kappa shape index (κ1) is 14.5. The number of pyridine rings is 1. The van der Waals surface area contributed by atoms with Gasteiger partial charge in [0.15, 0.2) is 0 Å². The maximum Gasteiger partial charge on any atom is 0.243 e.